The predicted octanol–water partition coefficient (Wildman–Crippen LogP) is 8.28. The second-order valence-electron chi connectivity index (χ2n) is 9.45. The highest BCUT2D eigenvalue weighted by Gasteiger charge is 2.32. The number of carbonyl (C=O) groups is 1. The van der Waals surface area contributed by atoms with Crippen LogP contribution in [-0.2, 0) is 11.4 Å². The number of hydrogen-bond acceptors (Lipinski definition) is 5. The Morgan fingerprint density at radius 2 is 1.79 bits per heavy atom. The lowest BCUT2D eigenvalue weighted by Crippen LogP contribution is -2.31. The Bertz CT molecular complexity index is 1550. The van der Waals surface area contributed by atoms with Crippen LogP contribution in [0.4, 0.5) is 0 Å². The van der Waals surface area contributed by atoms with Gasteiger partial charge in [-0.15, -0.1) is 0 Å². The first-order valence-electron chi connectivity index (χ1n) is 12.4. The number of aromatic nitrogens is 2. The molecule has 198 valence electrons. The van der Waals surface area contributed by atoms with Crippen LogP contribution >= 0.6 is 47.2 Å². The molecule has 0 atom stereocenters. The van der Waals surface area contributed by atoms with Crippen LogP contribution in [0.3, 0.4) is 0 Å². The van der Waals surface area contributed by atoms with E-state index in [1.807, 2.05) is 77.6 Å². The SMILES string of the molecule is CC(C)CN1C(=O)/C(=C/c2cn(-c3ccccc3)nc2-c2ccc(OCc3ccc(Cl)cc3Cl)cc2)SC1=S. The minimum atomic E-state index is -0.0679. The molecule has 1 saturated heterocycles. The molecule has 0 radical (unpaired) electrons. The number of benzene rings is 3. The van der Waals surface area contributed by atoms with Crippen molar-refractivity contribution in [3.63, 3.8) is 0 Å². The van der Waals surface area contributed by atoms with Crippen molar-refractivity contribution in [2.75, 3.05) is 6.54 Å². The zero-order chi connectivity index (χ0) is 27.5. The fraction of sp³-hybridized carbons (Fsp3) is 0.167. The molecule has 0 spiro atoms. The summed E-state index contributed by atoms with van der Waals surface area (Å²) in [4.78, 5) is 15.4. The van der Waals surface area contributed by atoms with E-state index in [9.17, 15) is 4.79 Å². The van der Waals surface area contributed by atoms with Gasteiger partial charge in [-0.3, -0.25) is 9.69 Å². The van der Waals surface area contributed by atoms with Crippen molar-refractivity contribution >= 4 is 63.5 Å². The first-order chi connectivity index (χ1) is 18.8. The smallest absolute Gasteiger partial charge is 0.266 e. The highest BCUT2D eigenvalue weighted by atomic mass is 35.5. The minimum Gasteiger partial charge on any atom is -0.489 e. The van der Waals surface area contributed by atoms with E-state index in [1.54, 1.807) is 17.0 Å². The molecule has 1 amide bonds. The van der Waals surface area contributed by atoms with Crippen molar-refractivity contribution in [3.05, 3.63) is 105 Å². The van der Waals surface area contributed by atoms with Crippen LogP contribution in [0.25, 0.3) is 23.0 Å². The number of hydrogen-bond donors (Lipinski definition) is 0. The number of nitrogens with zero attached hydrogens (tertiary/aromatic N) is 3. The number of ether oxygens (including phenoxy) is 1. The monoisotopic (exact) mass is 593 g/mol. The number of amides is 1. The van der Waals surface area contributed by atoms with Gasteiger partial charge in [0.05, 0.1) is 16.3 Å². The number of thiocarbonyl (C=S) groups is 1. The first kappa shape index (κ1) is 27.5. The third kappa shape index (κ3) is 6.39. The van der Waals surface area contributed by atoms with Gasteiger partial charge in [-0.1, -0.05) is 85.3 Å². The van der Waals surface area contributed by atoms with E-state index in [0.717, 1.165) is 28.1 Å². The molecule has 4 aromatic rings. The fourth-order valence-corrected chi connectivity index (χ4v) is 5.83. The van der Waals surface area contributed by atoms with E-state index in [4.69, 9.17) is 45.3 Å². The summed E-state index contributed by atoms with van der Waals surface area (Å²) < 4.78 is 8.36. The minimum absolute atomic E-state index is 0.0679. The van der Waals surface area contributed by atoms with Crippen LogP contribution in [0.15, 0.2) is 83.9 Å². The number of thioether (sulfide) groups is 1. The van der Waals surface area contributed by atoms with E-state index >= 15 is 0 Å². The van der Waals surface area contributed by atoms with Gasteiger partial charge in [0.25, 0.3) is 5.91 Å². The molecule has 9 heteroatoms. The van der Waals surface area contributed by atoms with Gasteiger partial charge in [0.15, 0.2) is 0 Å². The average Bonchev–Trinajstić information content (AvgIpc) is 3.45. The van der Waals surface area contributed by atoms with E-state index in [0.29, 0.717) is 44.1 Å². The number of rotatable bonds is 8. The van der Waals surface area contributed by atoms with Gasteiger partial charge in [-0.2, -0.15) is 5.10 Å². The average molecular weight is 595 g/mol. The Kier molecular flexibility index (Phi) is 8.43. The summed E-state index contributed by atoms with van der Waals surface area (Å²) >= 11 is 19.1. The van der Waals surface area contributed by atoms with Crippen molar-refractivity contribution in [1.82, 2.24) is 14.7 Å². The molecule has 5 nitrogen and oxygen atoms in total. The second-order valence-corrected chi connectivity index (χ2v) is 12.0. The van der Waals surface area contributed by atoms with Crippen molar-refractivity contribution < 1.29 is 9.53 Å². The normalized spacial score (nSPS) is 14.6. The predicted molar refractivity (Wildman–Crippen MR) is 165 cm³/mol. The first-order valence-corrected chi connectivity index (χ1v) is 14.3. The van der Waals surface area contributed by atoms with E-state index < -0.39 is 0 Å². The van der Waals surface area contributed by atoms with Crippen LogP contribution in [0, 0.1) is 5.92 Å². The summed E-state index contributed by atoms with van der Waals surface area (Å²) in [7, 11) is 0. The van der Waals surface area contributed by atoms with Crippen LogP contribution in [0.1, 0.15) is 25.0 Å². The summed E-state index contributed by atoms with van der Waals surface area (Å²) in [6.07, 6.45) is 3.82. The Balaban J connectivity index is 1.44. The third-order valence-corrected chi connectivity index (χ3v) is 7.97. The molecular weight excluding hydrogens is 569 g/mol. The van der Waals surface area contributed by atoms with E-state index in [2.05, 4.69) is 13.8 Å². The molecule has 0 bridgehead atoms. The zero-order valence-corrected chi connectivity index (χ0v) is 24.4. The summed E-state index contributed by atoms with van der Waals surface area (Å²) in [5.41, 5.74) is 4.24. The van der Waals surface area contributed by atoms with E-state index in [1.165, 1.54) is 11.8 Å². The summed E-state index contributed by atoms with van der Waals surface area (Å²) in [6, 6.07) is 22.9. The van der Waals surface area contributed by atoms with Crippen molar-refractivity contribution in [2.45, 2.75) is 20.5 Å². The maximum atomic E-state index is 13.1. The Morgan fingerprint density at radius 3 is 2.49 bits per heavy atom. The molecular formula is C30H25Cl2N3O2S2. The van der Waals surface area contributed by atoms with Gasteiger partial charge in [0.1, 0.15) is 16.7 Å². The van der Waals surface area contributed by atoms with Crippen LogP contribution in [0.5, 0.6) is 5.75 Å². The van der Waals surface area contributed by atoms with Crippen molar-refractivity contribution in [3.8, 4) is 22.7 Å². The van der Waals surface area contributed by atoms with Gasteiger partial charge in [-0.25, -0.2) is 4.68 Å². The molecule has 0 unspecified atom stereocenters. The summed E-state index contributed by atoms with van der Waals surface area (Å²) in [5, 5.41) is 6.03. The molecule has 1 aliphatic rings. The van der Waals surface area contributed by atoms with Crippen LogP contribution in [-0.4, -0.2) is 31.5 Å². The quantitative estimate of drug-likeness (QED) is 0.152. The van der Waals surface area contributed by atoms with Gasteiger partial charge < -0.3 is 4.74 Å². The van der Waals surface area contributed by atoms with E-state index in [-0.39, 0.29) is 5.91 Å². The lowest BCUT2D eigenvalue weighted by Gasteiger charge is -2.16. The topological polar surface area (TPSA) is 47.4 Å². The standard InChI is InChI=1S/C30H25Cl2N3O2S2/c1-19(2)16-34-29(36)27(39-30(34)38)14-22-17-35(24-6-4-3-5-7-24)33-28(22)20-9-12-25(13-10-20)37-18-21-8-11-23(31)15-26(21)32/h3-15,17,19H,16,18H2,1-2H3/b27-14-. The molecule has 5 rings (SSSR count). The number of para-hydroxylation sites is 1. The molecule has 0 saturated carbocycles. The van der Waals surface area contributed by atoms with Crippen LogP contribution in [0.2, 0.25) is 10.0 Å². The highest BCUT2D eigenvalue weighted by Crippen LogP contribution is 2.35. The zero-order valence-electron chi connectivity index (χ0n) is 21.3. The fourth-order valence-electron chi connectivity index (χ4n) is 4.10. The molecule has 0 N–H and O–H groups in total. The Hall–Kier alpha value is -3.10. The molecule has 0 aliphatic carbocycles. The maximum Gasteiger partial charge on any atom is 0.266 e. The van der Waals surface area contributed by atoms with Crippen LogP contribution < -0.4 is 4.74 Å². The largest absolute Gasteiger partial charge is 0.489 e. The second kappa shape index (κ2) is 12.0. The summed E-state index contributed by atoms with van der Waals surface area (Å²) in [5.74, 6) is 0.949. The van der Waals surface area contributed by atoms with Gasteiger partial charge in [-0.05, 0) is 60.5 Å². The molecule has 1 aromatic heterocycles. The maximum absolute atomic E-state index is 13.1. The number of carbonyl (C=O) groups excluding carboxylic acids is 1. The third-order valence-electron chi connectivity index (χ3n) is 6.01. The Morgan fingerprint density at radius 1 is 1.05 bits per heavy atom. The van der Waals surface area contributed by atoms with Gasteiger partial charge in [0.2, 0.25) is 0 Å². The molecule has 1 aliphatic heterocycles. The molecule has 1 fully saturated rings. The summed E-state index contributed by atoms with van der Waals surface area (Å²) in [6.45, 7) is 5.06. The van der Waals surface area contributed by atoms with Crippen molar-refractivity contribution in [2.24, 2.45) is 5.92 Å². The van der Waals surface area contributed by atoms with Gasteiger partial charge >= 0.3 is 0 Å². The lowest BCUT2D eigenvalue weighted by atomic mass is 10.1. The Labute approximate surface area is 247 Å². The molecule has 3 aromatic carbocycles. The molecule has 39 heavy (non-hydrogen) atoms. The lowest BCUT2D eigenvalue weighted by molar-refractivity contribution is -0.122. The highest BCUT2D eigenvalue weighted by molar-refractivity contribution is 8.26. The molecule has 2 heterocycles. The van der Waals surface area contributed by atoms with Crippen molar-refractivity contribution in [1.29, 1.82) is 0 Å². The number of halogens is 2. The van der Waals surface area contributed by atoms with Gasteiger partial charge in [0, 0.05) is 39.5 Å².